The van der Waals surface area contributed by atoms with Gasteiger partial charge in [0.05, 0.1) is 17.2 Å². The largest absolute Gasteiger partial charge is 0.315 e. The van der Waals surface area contributed by atoms with Gasteiger partial charge in [-0.25, -0.2) is 4.98 Å². The first kappa shape index (κ1) is 12.3. The number of benzene rings is 1. The number of rotatable bonds is 3. The molecule has 0 spiro atoms. The average molecular weight is 296 g/mol. The smallest absolute Gasteiger partial charge is 0.261 e. The summed E-state index contributed by atoms with van der Waals surface area (Å²) in [6.45, 7) is 2.64. The highest BCUT2D eigenvalue weighted by Gasteiger charge is 2.06. The molecule has 4 nitrogen and oxygen atoms in total. The first-order valence-corrected chi connectivity index (χ1v) is 6.23. The van der Waals surface area contributed by atoms with Crippen LogP contribution in [-0.2, 0) is 6.54 Å². The molecule has 1 aromatic heterocycles. The van der Waals surface area contributed by atoms with Crippen LogP contribution in [0.1, 0.15) is 6.92 Å². The second kappa shape index (κ2) is 4.98. The van der Waals surface area contributed by atoms with Crippen molar-refractivity contribution in [3.05, 3.63) is 39.4 Å². The van der Waals surface area contributed by atoms with Crippen molar-refractivity contribution in [1.29, 1.82) is 0 Å². The lowest BCUT2D eigenvalue weighted by Gasteiger charge is -2.12. The van der Waals surface area contributed by atoms with Crippen LogP contribution >= 0.6 is 15.9 Å². The number of nitrogens with zero attached hydrogens (tertiary/aromatic N) is 2. The van der Waals surface area contributed by atoms with Crippen molar-refractivity contribution in [3.8, 4) is 0 Å². The lowest BCUT2D eigenvalue weighted by molar-refractivity contribution is 0.503. The first-order valence-electron chi connectivity index (χ1n) is 5.44. The number of hydrogen-bond donors (Lipinski definition) is 1. The highest BCUT2D eigenvalue weighted by molar-refractivity contribution is 9.10. The normalized spacial score (nSPS) is 12.9. The molecule has 1 heterocycles. The quantitative estimate of drug-likeness (QED) is 0.939. The van der Waals surface area contributed by atoms with Gasteiger partial charge < -0.3 is 5.32 Å². The number of nitrogens with one attached hydrogen (secondary N) is 1. The number of hydrogen-bond acceptors (Lipinski definition) is 3. The van der Waals surface area contributed by atoms with Gasteiger partial charge in [-0.15, -0.1) is 0 Å². The SMILES string of the molecule is CNC(C)Cn1cnc2ccc(Br)cc2c1=O. The Kier molecular flexibility index (Phi) is 3.59. The summed E-state index contributed by atoms with van der Waals surface area (Å²) in [6.07, 6.45) is 1.60. The van der Waals surface area contributed by atoms with E-state index in [9.17, 15) is 4.79 Å². The third-order valence-corrected chi connectivity index (χ3v) is 3.24. The summed E-state index contributed by atoms with van der Waals surface area (Å²) in [5, 5.41) is 3.75. The third kappa shape index (κ3) is 2.56. The lowest BCUT2D eigenvalue weighted by atomic mass is 10.2. The molecule has 1 aromatic carbocycles. The minimum atomic E-state index is -0.00148. The predicted octanol–water partition coefficient (Wildman–Crippen LogP) is 1.77. The molecule has 0 aliphatic heterocycles. The van der Waals surface area contributed by atoms with Crippen LogP contribution in [0.5, 0.6) is 0 Å². The third-order valence-electron chi connectivity index (χ3n) is 2.75. The molecule has 0 radical (unpaired) electrons. The van der Waals surface area contributed by atoms with Gasteiger partial charge in [-0.3, -0.25) is 9.36 Å². The second-order valence-electron chi connectivity index (χ2n) is 4.05. The molecule has 2 aromatic rings. The molecule has 0 amide bonds. The van der Waals surface area contributed by atoms with E-state index in [2.05, 4.69) is 26.2 Å². The van der Waals surface area contributed by atoms with Gasteiger partial charge in [-0.05, 0) is 32.2 Å². The van der Waals surface area contributed by atoms with Crippen LogP contribution in [0.3, 0.4) is 0 Å². The van der Waals surface area contributed by atoms with Crippen LogP contribution in [-0.4, -0.2) is 22.6 Å². The Morgan fingerprint density at radius 1 is 1.53 bits per heavy atom. The van der Waals surface area contributed by atoms with Crippen LogP contribution in [0.15, 0.2) is 33.8 Å². The Hall–Kier alpha value is -1.20. The molecule has 0 saturated carbocycles. The number of likely N-dealkylation sites (N-methyl/N-ethyl adjacent to an activating group) is 1. The van der Waals surface area contributed by atoms with Gasteiger partial charge in [0.2, 0.25) is 0 Å². The van der Waals surface area contributed by atoms with E-state index in [4.69, 9.17) is 0 Å². The maximum Gasteiger partial charge on any atom is 0.261 e. The number of fused-ring (bicyclic) bond motifs is 1. The van der Waals surface area contributed by atoms with E-state index < -0.39 is 0 Å². The van der Waals surface area contributed by atoms with Crippen molar-refractivity contribution in [2.45, 2.75) is 19.5 Å². The molecule has 0 saturated heterocycles. The zero-order valence-corrected chi connectivity index (χ0v) is 11.4. The fourth-order valence-corrected chi connectivity index (χ4v) is 2.01. The minimum absolute atomic E-state index is 0.00148. The maximum atomic E-state index is 12.2. The van der Waals surface area contributed by atoms with E-state index in [0.717, 1.165) is 9.99 Å². The minimum Gasteiger partial charge on any atom is -0.315 e. The molecule has 1 unspecified atom stereocenters. The van der Waals surface area contributed by atoms with Crippen LogP contribution in [0.2, 0.25) is 0 Å². The Morgan fingerprint density at radius 3 is 3.00 bits per heavy atom. The van der Waals surface area contributed by atoms with Crippen LogP contribution in [0.4, 0.5) is 0 Å². The molecule has 1 N–H and O–H groups in total. The van der Waals surface area contributed by atoms with E-state index in [1.54, 1.807) is 10.9 Å². The van der Waals surface area contributed by atoms with Crippen molar-refractivity contribution < 1.29 is 0 Å². The molecule has 2 rings (SSSR count). The van der Waals surface area contributed by atoms with Gasteiger partial charge in [0, 0.05) is 17.1 Å². The fourth-order valence-electron chi connectivity index (χ4n) is 1.65. The lowest BCUT2D eigenvalue weighted by Crippen LogP contribution is -2.32. The van der Waals surface area contributed by atoms with E-state index >= 15 is 0 Å². The van der Waals surface area contributed by atoms with Crippen LogP contribution in [0, 0.1) is 0 Å². The fraction of sp³-hybridized carbons (Fsp3) is 0.333. The average Bonchev–Trinajstić information content (AvgIpc) is 2.33. The van der Waals surface area contributed by atoms with Crippen molar-refractivity contribution in [1.82, 2.24) is 14.9 Å². The molecular weight excluding hydrogens is 282 g/mol. The molecule has 90 valence electrons. The summed E-state index contributed by atoms with van der Waals surface area (Å²) in [5.74, 6) is 0. The van der Waals surface area contributed by atoms with E-state index in [1.165, 1.54) is 0 Å². The molecular formula is C12H14BrN3O. The summed E-state index contributed by atoms with van der Waals surface area (Å²) in [7, 11) is 1.88. The number of aromatic nitrogens is 2. The molecule has 0 bridgehead atoms. The van der Waals surface area contributed by atoms with Crippen LogP contribution < -0.4 is 10.9 Å². The van der Waals surface area contributed by atoms with E-state index in [0.29, 0.717) is 11.9 Å². The predicted molar refractivity (Wildman–Crippen MR) is 72.2 cm³/mol. The second-order valence-corrected chi connectivity index (χ2v) is 4.97. The van der Waals surface area contributed by atoms with E-state index in [1.807, 2.05) is 32.2 Å². The highest BCUT2D eigenvalue weighted by Crippen LogP contribution is 2.14. The zero-order valence-electron chi connectivity index (χ0n) is 9.77. The maximum absolute atomic E-state index is 12.2. The van der Waals surface area contributed by atoms with Crippen molar-refractivity contribution in [2.75, 3.05) is 7.05 Å². The molecule has 0 aliphatic rings. The van der Waals surface area contributed by atoms with Gasteiger partial charge in [0.1, 0.15) is 0 Å². The zero-order chi connectivity index (χ0) is 12.4. The molecule has 0 fully saturated rings. The van der Waals surface area contributed by atoms with Crippen molar-refractivity contribution >= 4 is 26.8 Å². The Balaban J connectivity index is 2.53. The monoisotopic (exact) mass is 295 g/mol. The van der Waals surface area contributed by atoms with Crippen molar-refractivity contribution in [2.24, 2.45) is 0 Å². The first-order chi connectivity index (χ1) is 8.11. The molecule has 1 atom stereocenters. The highest BCUT2D eigenvalue weighted by atomic mass is 79.9. The van der Waals surface area contributed by atoms with Crippen LogP contribution in [0.25, 0.3) is 10.9 Å². The molecule has 0 aliphatic carbocycles. The Labute approximate surface area is 108 Å². The van der Waals surface area contributed by atoms with Crippen molar-refractivity contribution in [3.63, 3.8) is 0 Å². The molecule has 17 heavy (non-hydrogen) atoms. The van der Waals surface area contributed by atoms with Gasteiger partial charge in [0.15, 0.2) is 0 Å². The van der Waals surface area contributed by atoms with Gasteiger partial charge in [-0.2, -0.15) is 0 Å². The summed E-state index contributed by atoms with van der Waals surface area (Å²) in [4.78, 5) is 16.5. The van der Waals surface area contributed by atoms with Gasteiger partial charge in [0.25, 0.3) is 5.56 Å². The standard InChI is InChI=1S/C12H14BrN3O/c1-8(14-2)6-16-7-15-11-4-3-9(13)5-10(11)12(16)17/h3-5,7-8,14H,6H2,1-2H3. The number of halogens is 1. The topological polar surface area (TPSA) is 46.9 Å². The van der Waals surface area contributed by atoms with Gasteiger partial charge >= 0.3 is 0 Å². The summed E-state index contributed by atoms with van der Waals surface area (Å²) < 4.78 is 2.53. The molecule has 5 heteroatoms. The summed E-state index contributed by atoms with van der Waals surface area (Å²) >= 11 is 3.37. The Bertz CT molecular complexity index is 594. The van der Waals surface area contributed by atoms with E-state index in [-0.39, 0.29) is 11.6 Å². The Morgan fingerprint density at radius 2 is 2.29 bits per heavy atom. The summed E-state index contributed by atoms with van der Waals surface area (Å²) in [6, 6.07) is 5.77. The van der Waals surface area contributed by atoms with Gasteiger partial charge in [-0.1, -0.05) is 15.9 Å². The summed E-state index contributed by atoms with van der Waals surface area (Å²) in [5.41, 5.74) is 0.727.